The molecule has 3 nitrogen and oxygen atoms in total. The minimum Gasteiger partial charge on any atom is -0.460 e. The zero-order valence-corrected chi connectivity index (χ0v) is 12.8. The largest absolute Gasteiger partial charge is 0.460 e. The van der Waals surface area contributed by atoms with Crippen molar-refractivity contribution in [1.29, 1.82) is 0 Å². The second kappa shape index (κ2) is 6.29. The van der Waals surface area contributed by atoms with Crippen molar-refractivity contribution in [3.05, 3.63) is 29.3 Å². The number of hydrogen-bond donors (Lipinski definition) is 1. The Hall–Kier alpha value is -1.51. The molecule has 0 atom stereocenters. The smallest absolute Gasteiger partial charge is 0.308 e. The van der Waals surface area contributed by atoms with Gasteiger partial charge in [0.15, 0.2) is 0 Å². The lowest BCUT2D eigenvalue weighted by molar-refractivity contribution is -0.154. The number of nitrogens with one attached hydrogen (secondary N) is 1. The highest BCUT2D eigenvalue weighted by molar-refractivity contribution is 5.70. The van der Waals surface area contributed by atoms with Crippen LogP contribution < -0.4 is 5.32 Å². The van der Waals surface area contributed by atoms with Crippen LogP contribution in [0.15, 0.2) is 18.2 Å². The Morgan fingerprint density at radius 3 is 2.75 bits per heavy atom. The molecule has 0 saturated carbocycles. The highest BCUT2D eigenvalue weighted by Gasteiger charge is 2.16. The van der Waals surface area contributed by atoms with Crippen molar-refractivity contribution in [1.82, 2.24) is 0 Å². The number of ether oxygens (including phenoxy) is 1. The van der Waals surface area contributed by atoms with Crippen LogP contribution in [0.2, 0.25) is 0 Å². The van der Waals surface area contributed by atoms with E-state index >= 15 is 0 Å². The van der Waals surface area contributed by atoms with E-state index in [1.807, 2.05) is 20.8 Å². The van der Waals surface area contributed by atoms with E-state index in [1.165, 1.54) is 36.1 Å². The molecule has 0 heterocycles. The number of fused-ring (bicyclic) bond motifs is 1. The van der Waals surface area contributed by atoms with E-state index in [0.29, 0.717) is 13.0 Å². The molecule has 1 aromatic carbocycles. The molecule has 1 aromatic rings. The van der Waals surface area contributed by atoms with Gasteiger partial charge in [0.25, 0.3) is 0 Å². The summed E-state index contributed by atoms with van der Waals surface area (Å²) in [5.41, 5.74) is 3.68. The summed E-state index contributed by atoms with van der Waals surface area (Å²) < 4.78 is 5.31. The van der Waals surface area contributed by atoms with Gasteiger partial charge in [0.05, 0.1) is 6.42 Å². The Morgan fingerprint density at radius 1 is 1.25 bits per heavy atom. The first-order valence-corrected chi connectivity index (χ1v) is 7.52. The number of carbonyl (C=O) groups excluding carboxylic acids is 1. The fraction of sp³-hybridized carbons (Fsp3) is 0.588. The van der Waals surface area contributed by atoms with Crippen LogP contribution in [0.3, 0.4) is 0 Å². The van der Waals surface area contributed by atoms with Crippen molar-refractivity contribution >= 4 is 11.7 Å². The van der Waals surface area contributed by atoms with Gasteiger partial charge in [0.1, 0.15) is 5.60 Å². The van der Waals surface area contributed by atoms with Gasteiger partial charge in [0, 0.05) is 12.2 Å². The number of aryl methyl sites for hydroxylation is 1. The fourth-order valence-corrected chi connectivity index (χ4v) is 2.64. The molecule has 1 N–H and O–H groups in total. The molecule has 1 aliphatic carbocycles. The predicted octanol–water partition coefficient (Wildman–Crippen LogP) is 3.71. The predicted molar refractivity (Wildman–Crippen MR) is 82.0 cm³/mol. The summed E-state index contributed by atoms with van der Waals surface area (Å²) in [6, 6.07) is 6.42. The van der Waals surface area contributed by atoms with Gasteiger partial charge in [-0.3, -0.25) is 4.79 Å². The Morgan fingerprint density at radius 2 is 2.00 bits per heavy atom. The summed E-state index contributed by atoms with van der Waals surface area (Å²) in [6.45, 7) is 6.31. The molecule has 1 aliphatic rings. The first-order valence-electron chi connectivity index (χ1n) is 7.52. The highest BCUT2D eigenvalue weighted by atomic mass is 16.6. The van der Waals surface area contributed by atoms with Gasteiger partial charge in [-0.2, -0.15) is 0 Å². The molecule has 0 aromatic heterocycles. The van der Waals surface area contributed by atoms with Crippen LogP contribution in [0.5, 0.6) is 0 Å². The molecule has 0 amide bonds. The van der Waals surface area contributed by atoms with E-state index in [4.69, 9.17) is 4.74 Å². The van der Waals surface area contributed by atoms with Crippen molar-refractivity contribution in [2.75, 3.05) is 11.9 Å². The molecule has 20 heavy (non-hydrogen) atoms. The lowest BCUT2D eigenvalue weighted by Crippen LogP contribution is -2.25. The zero-order valence-electron chi connectivity index (χ0n) is 12.8. The first-order chi connectivity index (χ1) is 9.46. The second-order valence-corrected chi connectivity index (χ2v) is 6.41. The number of benzene rings is 1. The third kappa shape index (κ3) is 4.26. The van der Waals surface area contributed by atoms with Crippen LogP contribution in [0, 0.1) is 0 Å². The maximum Gasteiger partial charge on any atom is 0.308 e. The minimum atomic E-state index is -0.400. The molecular weight excluding hydrogens is 250 g/mol. The Bertz CT molecular complexity index is 474. The molecule has 110 valence electrons. The molecule has 0 spiro atoms. The molecule has 0 saturated heterocycles. The minimum absolute atomic E-state index is 0.144. The average molecular weight is 275 g/mol. The maximum absolute atomic E-state index is 11.7. The van der Waals surface area contributed by atoms with E-state index in [9.17, 15) is 4.79 Å². The maximum atomic E-state index is 11.7. The number of esters is 1. The summed E-state index contributed by atoms with van der Waals surface area (Å²) in [5, 5.41) is 3.39. The van der Waals surface area contributed by atoms with Crippen molar-refractivity contribution in [3.63, 3.8) is 0 Å². The molecular formula is C17H25NO2. The molecule has 0 bridgehead atoms. The van der Waals surface area contributed by atoms with Crippen molar-refractivity contribution in [2.24, 2.45) is 0 Å². The standard InChI is InChI=1S/C17H25NO2/c1-17(2,3)20-16(19)11-12-18-15-10-6-8-13-7-4-5-9-14(13)15/h6,8,10,18H,4-5,7,9,11-12H2,1-3H3. The van der Waals surface area contributed by atoms with Gasteiger partial charge in [-0.15, -0.1) is 0 Å². The molecule has 3 heteroatoms. The van der Waals surface area contributed by atoms with Crippen molar-refractivity contribution < 1.29 is 9.53 Å². The van der Waals surface area contributed by atoms with E-state index < -0.39 is 5.60 Å². The fourth-order valence-electron chi connectivity index (χ4n) is 2.64. The summed E-state index contributed by atoms with van der Waals surface area (Å²) in [7, 11) is 0. The van der Waals surface area contributed by atoms with E-state index in [0.717, 1.165) is 6.42 Å². The number of carbonyl (C=O) groups is 1. The van der Waals surface area contributed by atoms with Crippen molar-refractivity contribution in [2.45, 2.75) is 58.5 Å². The molecule has 0 unspecified atom stereocenters. The number of rotatable bonds is 4. The van der Waals surface area contributed by atoms with Gasteiger partial charge >= 0.3 is 5.97 Å². The Balaban J connectivity index is 1.87. The summed E-state index contributed by atoms with van der Waals surface area (Å²) in [6.07, 6.45) is 5.27. The highest BCUT2D eigenvalue weighted by Crippen LogP contribution is 2.27. The Kier molecular flexibility index (Phi) is 4.69. The second-order valence-electron chi connectivity index (χ2n) is 6.41. The van der Waals surface area contributed by atoms with Crippen molar-refractivity contribution in [3.8, 4) is 0 Å². The van der Waals surface area contributed by atoms with Crippen LogP contribution in [-0.2, 0) is 22.4 Å². The van der Waals surface area contributed by atoms with Gasteiger partial charge in [-0.25, -0.2) is 0 Å². The van der Waals surface area contributed by atoms with Crippen LogP contribution in [0.4, 0.5) is 5.69 Å². The van der Waals surface area contributed by atoms with E-state index in [-0.39, 0.29) is 5.97 Å². The normalized spacial score (nSPS) is 14.6. The molecule has 2 rings (SSSR count). The quantitative estimate of drug-likeness (QED) is 0.851. The van der Waals surface area contributed by atoms with Crippen LogP contribution in [0.25, 0.3) is 0 Å². The SMILES string of the molecule is CC(C)(C)OC(=O)CCNc1cccc2c1CCCC2. The van der Waals surface area contributed by atoms with Gasteiger partial charge in [0.2, 0.25) is 0 Å². The van der Waals surface area contributed by atoms with Gasteiger partial charge in [-0.1, -0.05) is 12.1 Å². The third-order valence-corrected chi connectivity index (χ3v) is 3.46. The van der Waals surface area contributed by atoms with Crippen LogP contribution in [0.1, 0.15) is 51.2 Å². The molecule has 0 fully saturated rings. The lowest BCUT2D eigenvalue weighted by Gasteiger charge is -2.21. The van der Waals surface area contributed by atoms with Crippen LogP contribution >= 0.6 is 0 Å². The van der Waals surface area contributed by atoms with Gasteiger partial charge in [-0.05, 0) is 63.6 Å². The summed E-state index contributed by atoms with van der Waals surface area (Å²) >= 11 is 0. The lowest BCUT2D eigenvalue weighted by atomic mass is 9.90. The van der Waals surface area contributed by atoms with E-state index in [2.05, 4.69) is 23.5 Å². The number of anilines is 1. The first kappa shape index (κ1) is 14.9. The third-order valence-electron chi connectivity index (χ3n) is 3.46. The number of hydrogen-bond acceptors (Lipinski definition) is 3. The monoisotopic (exact) mass is 275 g/mol. The summed E-state index contributed by atoms with van der Waals surface area (Å²) in [4.78, 5) is 11.7. The zero-order chi connectivity index (χ0) is 14.6. The molecule has 0 aliphatic heterocycles. The van der Waals surface area contributed by atoms with Crippen LogP contribution in [-0.4, -0.2) is 18.1 Å². The Labute approximate surface area is 121 Å². The average Bonchev–Trinajstić information content (AvgIpc) is 2.37. The van der Waals surface area contributed by atoms with E-state index in [1.54, 1.807) is 0 Å². The molecule has 0 radical (unpaired) electrons. The summed E-state index contributed by atoms with van der Waals surface area (Å²) in [5.74, 6) is -0.144. The topological polar surface area (TPSA) is 38.3 Å². The van der Waals surface area contributed by atoms with Gasteiger partial charge < -0.3 is 10.1 Å².